The molecule has 0 fully saturated rings. The minimum atomic E-state index is -0.0128. The van der Waals surface area contributed by atoms with Crippen LogP contribution in [0.3, 0.4) is 0 Å². The Morgan fingerprint density at radius 2 is 2.20 bits per heavy atom. The van der Waals surface area contributed by atoms with Crippen LogP contribution >= 0.6 is 11.6 Å². The lowest BCUT2D eigenvalue weighted by Gasteiger charge is -2.30. The van der Waals surface area contributed by atoms with E-state index in [1.807, 2.05) is 24.4 Å². The largest absolute Gasteiger partial charge is 0.323 e. The van der Waals surface area contributed by atoms with Gasteiger partial charge in [-0.1, -0.05) is 23.7 Å². The second-order valence-electron chi connectivity index (χ2n) is 5.57. The Balaban J connectivity index is 1.97. The van der Waals surface area contributed by atoms with Gasteiger partial charge in [-0.2, -0.15) is 0 Å². The van der Waals surface area contributed by atoms with E-state index in [1.165, 1.54) is 23.2 Å². The molecule has 20 heavy (non-hydrogen) atoms. The van der Waals surface area contributed by atoms with E-state index < -0.39 is 0 Å². The van der Waals surface area contributed by atoms with Gasteiger partial charge < -0.3 is 5.73 Å². The van der Waals surface area contributed by atoms with Crippen molar-refractivity contribution in [2.75, 3.05) is 0 Å². The molecule has 2 N–H and O–H groups in total. The molecule has 0 saturated heterocycles. The Labute approximate surface area is 125 Å². The van der Waals surface area contributed by atoms with Gasteiger partial charge in [-0.05, 0) is 61.1 Å². The second-order valence-corrected chi connectivity index (χ2v) is 6.01. The first-order chi connectivity index (χ1) is 9.66. The van der Waals surface area contributed by atoms with Crippen LogP contribution in [0.4, 0.5) is 0 Å². The third-order valence-corrected chi connectivity index (χ3v) is 4.50. The fraction of sp³-hybridized carbons (Fsp3) is 0.353. The molecular formula is C17H19ClN2. The Bertz CT molecular complexity index is 624. The zero-order valence-electron chi connectivity index (χ0n) is 11.6. The predicted molar refractivity (Wildman–Crippen MR) is 83.0 cm³/mol. The maximum Gasteiger partial charge on any atom is 0.0485 e. The van der Waals surface area contributed by atoms with Crippen molar-refractivity contribution in [3.8, 4) is 0 Å². The van der Waals surface area contributed by atoms with E-state index in [4.69, 9.17) is 17.3 Å². The van der Waals surface area contributed by atoms with Gasteiger partial charge in [0.1, 0.15) is 0 Å². The lowest BCUT2D eigenvalue weighted by Crippen LogP contribution is -2.25. The molecule has 0 bridgehead atoms. The summed E-state index contributed by atoms with van der Waals surface area (Å²) in [6.07, 6.45) is 5.28. The molecule has 2 unspecified atom stereocenters. The Kier molecular flexibility index (Phi) is 3.77. The van der Waals surface area contributed by atoms with Gasteiger partial charge in [-0.3, -0.25) is 4.98 Å². The summed E-state index contributed by atoms with van der Waals surface area (Å²) < 4.78 is 0. The van der Waals surface area contributed by atoms with Crippen LogP contribution in [0.1, 0.15) is 47.2 Å². The van der Waals surface area contributed by atoms with Gasteiger partial charge in [-0.25, -0.2) is 0 Å². The van der Waals surface area contributed by atoms with E-state index in [-0.39, 0.29) is 6.04 Å². The van der Waals surface area contributed by atoms with Crippen molar-refractivity contribution in [1.82, 2.24) is 4.98 Å². The molecule has 2 aromatic rings. The molecule has 2 nitrogen and oxygen atoms in total. The molecular weight excluding hydrogens is 268 g/mol. The number of nitrogens with zero attached hydrogens (tertiary/aromatic N) is 1. The van der Waals surface area contributed by atoms with Crippen molar-refractivity contribution in [2.24, 2.45) is 5.73 Å². The number of pyridine rings is 1. The maximum absolute atomic E-state index is 6.55. The number of hydrogen-bond acceptors (Lipinski definition) is 2. The molecule has 0 aliphatic heterocycles. The van der Waals surface area contributed by atoms with E-state index >= 15 is 0 Å². The first kappa shape index (κ1) is 13.6. The number of aryl methyl sites for hydroxylation is 2. The third kappa shape index (κ3) is 2.46. The molecule has 104 valence electrons. The monoisotopic (exact) mass is 286 g/mol. The van der Waals surface area contributed by atoms with Gasteiger partial charge >= 0.3 is 0 Å². The Morgan fingerprint density at radius 1 is 1.35 bits per heavy atom. The quantitative estimate of drug-likeness (QED) is 0.900. The molecule has 1 aromatic carbocycles. The van der Waals surface area contributed by atoms with Crippen LogP contribution in [0.2, 0.25) is 5.02 Å². The number of hydrogen-bond donors (Lipinski definition) is 1. The number of rotatable bonds is 2. The van der Waals surface area contributed by atoms with Crippen LogP contribution < -0.4 is 5.73 Å². The van der Waals surface area contributed by atoms with Crippen LogP contribution in [0.25, 0.3) is 0 Å². The van der Waals surface area contributed by atoms with Gasteiger partial charge in [0.15, 0.2) is 0 Å². The van der Waals surface area contributed by atoms with Crippen molar-refractivity contribution in [1.29, 1.82) is 0 Å². The molecule has 0 saturated carbocycles. The average molecular weight is 287 g/mol. The summed E-state index contributed by atoms with van der Waals surface area (Å²) in [4.78, 5) is 4.59. The highest BCUT2D eigenvalue weighted by Crippen LogP contribution is 2.38. The lowest BCUT2D eigenvalue weighted by atomic mass is 9.79. The summed E-state index contributed by atoms with van der Waals surface area (Å²) >= 11 is 6.04. The highest BCUT2D eigenvalue weighted by Gasteiger charge is 2.28. The zero-order valence-corrected chi connectivity index (χ0v) is 12.4. The van der Waals surface area contributed by atoms with Crippen molar-refractivity contribution >= 4 is 11.6 Å². The number of benzene rings is 1. The molecule has 0 amide bonds. The van der Waals surface area contributed by atoms with Crippen LogP contribution in [-0.4, -0.2) is 4.98 Å². The number of aromatic nitrogens is 1. The summed E-state index contributed by atoms with van der Waals surface area (Å²) in [5.74, 6) is 0.305. The summed E-state index contributed by atoms with van der Waals surface area (Å²) in [6, 6.07) is 10.1. The number of nitrogens with two attached hydrogens (primary N) is 1. The van der Waals surface area contributed by atoms with E-state index in [2.05, 4.69) is 24.0 Å². The van der Waals surface area contributed by atoms with Crippen LogP contribution in [0, 0.1) is 6.92 Å². The normalized spacial score (nSPS) is 19.4. The van der Waals surface area contributed by atoms with Crippen molar-refractivity contribution in [3.63, 3.8) is 0 Å². The van der Waals surface area contributed by atoms with Crippen molar-refractivity contribution in [3.05, 3.63) is 63.9 Å². The van der Waals surface area contributed by atoms with Crippen molar-refractivity contribution in [2.45, 2.75) is 38.1 Å². The van der Waals surface area contributed by atoms with Gasteiger partial charge in [0, 0.05) is 28.9 Å². The molecule has 1 aliphatic carbocycles. The molecule has 3 rings (SSSR count). The zero-order chi connectivity index (χ0) is 14.1. The van der Waals surface area contributed by atoms with Crippen LogP contribution in [-0.2, 0) is 6.42 Å². The Hall–Kier alpha value is -1.38. The van der Waals surface area contributed by atoms with Gasteiger partial charge in [0.25, 0.3) is 0 Å². The van der Waals surface area contributed by atoms with Gasteiger partial charge in [-0.15, -0.1) is 0 Å². The third-order valence-electron chi connectivity index (χ3n) is 4.26. The van der Waals surface area contributed by atoms with E-state index in [1.54, 1.807) is 0 Å². The molecule has 0 spiro atoms. The smallest absolute Gasteiger partial charge is 0.0485 e. The lowest BCUT2D eigenvalue weighted by molar-refractivity contribution is 0.461. The SMILES string of the molecule is Cc1cc(Cl)ccc1C(N)C1CCCc2cccnc21. The van der Waals surface area contributed by atoms with Gasteiger partial charge in [0.2, 0.25) is 0 Å². The van der Waals surface area contributed by atoms with E-state index in [9.17, 15) is 0 Å². The van der Waals surface area contributed by atoms with Gasteiger partial charge in [0.05, 0.1) is 0 Å². The number of fused-ring (bicyclic) bond motifs is 1. The average Bonchev–Trinajstić information content (AvgIpc) is 2.46. The predicted octanol–water partition coefficient (Wildman–Crippen LogP) is 4.16. The molecule has 1 aromatic heterocycles. The maximum atomic E-state index is 6.55. The summed E-state index contributed by atoms with van der Waals surface area (Å²) in [5.41, 5.74) is 11.4. The number of halogens is 1. The minimum Gasteiger partial charge on any atom is -0.323 e. The Morgan fingerprint density at radius 3 is 3.00 bits per heavy atom. The van der Waals surface area contributed by atoms with Crippen LogP contribution in [0.5, 0.6) is 0 Å². The standard InChI is InChI=1S/C17H19ClN2/c1-11-10-13(18)7-8-14(11)16(19)15-6-2-4-12-5-3-9-20-17(12)15/h3,5,7-10,15-16H,2,4,6,19H2,1H3. The fourth-order valence-corrected chi connectivity index (χ4v) is 3.45. The molecule has 1 heterocycles. The van der Waals surface area contributed by atoms with E-state index in [0.29, 0.717) is 5.92 Å². The minimum absolute atomic E-state index is 0.0128. The summed E-state index contributed by atoms with van der Waals surface area (Å²) in [6.45, 7) is 2.07. The second kappa shape index (κ2) is 5.55. The van der Waals surface area contributed by atoms with E-state index in [0.717, 1.165) is 23.4 Å². The highest BCUT2D eigenvalue weighted by molar-refractivity contribution is 6.30. The first-order valence-corrected chi connectivity index (χ1v) is 7.50. The molecule has 2 atom stereocenters. The summed E-state index contributed by atoms with van der Waals surface area (Å²) in [7, 11) is 0. The molecule has 0 radical (unpaired) electrons. The van der Waals surface area contributed by atoms with Crippen molar-refractivity contribution < 1.29 is 0 Å². The fourth-order valence-electron chi connectivity index (χ4n) is 3.22. The summed E-state index contributed by atoms with van der Waals surface area (Å²) in [5, 5.41) is 0.764. The molecule has 1 aliphatic rings. The van der Waals surface area contributed by atoms with Crippen LogP contribution in [0.15, 0.2) is 36.5 Å². The molecule has 3 heteroatoms. The highest BCUT2D eigenvalue weighted by atomic mass is 35.5. The first-order valence-electron chi connectivity index (χ1n) is 7.12. The topological polar surface area (TPSA) is 38.9 Å².